The van der Waals surface area contributed by atoms with E-state index in [0.29, 0.717) is 24.6 Å². The summed E-state index contributed by atoms with van der Waals surface area (Å²) < 4.78 is 0. The maximum Gasteiger partial charge on any atom is 0.307 e. The summed E-state index contributed by atoms with van der Waals surface area (Å²) in [5, 5.41) is 12.4. The predicted octanol–water partition coefficient (Wildman–Crippen LogP) is 2.39. The Kier molecular flexibility index (Phi) is 5.45. The number of carboxylic acids is 1. The van der Waals surface area contributed by atoms with Gasteiger partial charge in [0, 0.05) is 24.0 Å². The zero-order valence-electron chi connectivity index (χ0n) is 14.1. The van der Waals surface area contributed by atoms with Crippen LogP contribution in [0.25, 0.3) is 0 Å². The number of benzene rings is 1. The summed E-state index contributed by atoms with van der Waals surface area (Å²) in [6.45, 7) is 3.34. The van der Waals surface area contributed by atoms with Crippen LogP contribution in [0, 0.1) is 12.8 Å². The van der Waals surface area contributed by atoms with Crippen molar-refractivity contribution in [1.82, 2.24) is 9.88 Å². The number of anilines is 1. The third-order valence-corrected chi connectivity index (χ3v) is 5.16. The van der Waals surface area contributed by atoms with E-state index >= 15 is 0 Å². The lowest BCUT2D eigenvalue weighted by molar-refractivity contribution is -0.141. The normalized spacial score (nSPS) is 17.6. The molecule has 1 atom stereocenters. The van der Waals surface area contributed by atoms with E-state index < -0.39 is 5.97 Å². The molecule has 0 aliphatic carbocycles. The van der Waals surface area contributed by atoms with Gasteiger partial charge in [-0.05, 0) is 25.5 Å². The number of nitrogens with one attached hydrogen (secondary N) is 1. The van der Waals surface area contributed by atoms with Crippen LogP contribution in [0.15, 0.2) is 30.5 Å². The van der Waals surface area contributed by atoms with Gasteiger partial charge in [0.2, 0.25) is 5.91 Å². The molecule has 1 amide bonds. The van der Waals surface area contributed by atoms with Gasteiger partial charge in [0.25, 0.3) is 0 Å². The highest BCUT2D eigenvalue weighted by Gasteiger charge is 2.28. The van der Waals surface area contributed by atoms with Gasteiger partial charge in [-0.15, -0.1) is 11.3 Å². The van der Waals surface area contributed by atoms with Gasteiger partial charge in [-0.3, -0.25) is 14.5 Å². The van der Waals surface area contributed by atoms with Gasteiger partial charge < -0.3 is 10.4 Å². The maximum atomic E-state index is 12.1. The number of aryl methyl sites for hydroxylation is 1. The third kappa shape index (κ3) is 4.87. The van der Waals surface area contributed by atoms with Crippen LogP contribution >= 0.6 is 11.3 Å². The molecule has 2 aromatic rings. The first kappa shape index (κ1) is 17.6. The van der Waals surface area contributed by atoms with Crippen LogP contribution in [0.1, 0.15) is 22.4 Å². The van der Waals surface area contributed by atoms with Crippen LogP contribution < -0.4 is 5.32 Å². The van der Waals surface area contributed by atoms with Crippen molar-refractivity contribution in [3.63, 3.8) is 0 Å². The Balaban J connectivity index is 1.51. The summed E-state index contributed by atoms with van der Waals surface area (Å²) in [6.07, 6.45) is 3.18. The van der Waals surface area contributed by atoms with E-state index in [4.69, 9.17) is 5.11 Å². The molecule has 2 heterocycles. The lowest BCUT2D eigenvalue weighted by atomic mass is 10.1. The minimum absolute atomic E-state index is 0.150. The van der Waals surface area contributed by atoms with Crippen LogP contribution in [0.3, 0.4) is 0 Å². The van der Waals surface area contributed by atoms with Gasteiger partial charge >= 0.3 is 5.97 Å². The van der Waals surface area contributed by atoms with Crippen molar-refractivity contribution in [3.8, 4) is 0 Å². The number of hydrogen-bond donors (Lipinski definition) is 2. The summed E-state index contributed by atoms with van der Waals surface area (Å²) in [6, 6.07) is 8.32. The van der Waals surface area contributed by atoms with Crippen LogP contribution in [-0.4, -0.2) is 46.5 Å². The van der Waals surface area contributed by atoms with Crippen molar-refractivity contribution in [2.24, 2.45) is 5.92 Å². The highest BCUT2D eigenvalue weighted by molar-refractivity contribution is 7.15. The zero-order chi connectivity index (χ0) is 17.8. The first-order chi connectivity index (χ1) is 12.0. The molecule has 1 saturated heterocycles. The summed E-state index contributed by atoms with van der Waals surface area (Å²) in [4.78, 5) is 30.3. The summed E-state index contributed by atoms with van der Waals surface area (Å²) >= 11 is 1.47. The lowest BCUT2D eigenvalue weighted by Crippen LogP contribution is -2.32. The van der Waals surface area contributed by atoms with Gasteiger partial charge in [-0.2, -0.15) is 0 Å². The molecule has 7 heteroatoms. The molecule has 132 valence electrons. The molecule has 1 aromatic carbocycles. The number of thiazole rings is 1. The van der Waals surface area contributed by atoms with Gasteiger partial charge in [0.05, 0.1) is 12.5 Å². The molecule has 1 aliphatic heterocycles. The molecule has 0 bridgehead atoms. The number of amides is 1. The molecule has 6 nitrogen and oxygen atoms in total. The molecule has 1 fully saturated rings. The molecule has 3 rings (SSSR count). The molecule has 1 aromatic heterocycles. The zero-order valence-corrected chi connectivity index (χ0v) is 14.9. The van der Waals surface area contributed by atoms with Gasteiger partial charge in [-0.1, -0.05) is 29.8 Å². The fourth-order valence-electron chi connectivity index (χ4n) is 3.01. The number of hydrogen-bond acceptors (Lipinski definition) is 5. The summed E-state index contributed by atoms with van der Waals surface area (Å²) in [5.41, 5.74) is 2.44. The van der Waals surface area contributed by atoms with Crippen LogP contribution in [0.5, 0.6) is 0 Å². The topological polar surface area (TPSA) is 82.5 Å². The molecular weight excluding hydrogens is 338 g/mol. The monoisotopic (exact) mass is 359 g/mol. The van der Waals surface area contributed by atoms with E-state index in [9.17, 15) is 9.59 Å². The molecule has 2 N–H and O–H groups in total. The largest absolute Gasteiger partial charge is 0.481 e. The number of aromatic nitrogens is 1. The fraction of sp³-hybridized carbons (Fsp3) is 0.389. The predicted molar refractivity (Wildman–Crippen MR) is 96.9 cm³/mol. The first-order valence-corrected chi connectivity index (χ1v) is 9.06. The van der Waals surface area contributed by atoms with Crippen LogP contribution in [0.2, 0.25) is 0 Å². The molecule has 1 aliphatic rings. The summed E-state index contributed by atoms with van der Waals surface area (Å²) in [7, 11) is 0. The van der Waals surface area contributed by atoms with Crippen molar-refractivity contribution < 1.29 is 14.7 Å². The van der Waals surface area contributed by atoms with Gasteiger partial charge in [0.1, 0.15) is 0 Å². The van der Waals surface area contributed by atoms with Crippen molar-refractivity contribution in [3.05, 3.63) is 46.5 Å². The minimum atomic E-state index is -0.788. The number of aliphatic carboxylic acids is 1. The average molecular weight is 359 g/mol. The Labute approximate surface area is 150 Å². The SMILES string of the molecule is Cc1cccc(Cc2cnc(NC(=O)CN3CCC(C(=O)O)C3)s2)c1. The number of likely N-dealkylation sites (tertiary alicyclic amines) is 1. The Morgan fingerprint density at radius 1 is 1.44 bits per heavy atom. The van der Waals surface area contributed by atoms with Crippen molar-refractivity contribution in [1.29, 1.82) is 0 Å². The highest BCUT2D eigenvalue weighted by atomic mass is 32.1. The quantitative estimate of drug-likeness (QED) is 0.827. The molecule has 25 heavy (non-hydrogen) atoms. The van der Waals surface area contributed by atoms with E-state index in [0.717, 1.165) is 11.3 Å². The molecular formula is C18H21N3O3S. The Hall–Kier alpha value is -2.25. The first-order valence-electron chi connectivity index (χ1n) is 8.25. The van der Waals surface area contributed by atoms with Crippen LogP contribution in [-0.2, 0) is 16.0 Å². The smallest absolute Gasteiger partial charge is 0.307 e. The van der Waals surface area contributed by atoms with E-state index in [1.165, 1.54) is 22.5 Å². The maximum absolute atomic E-state index is 12.1. The standard InChI is InChI=1S/C18H21N3O3S/c1-12-3-2-4-13(7-12)8-15-9-19-18(25-15)20-16(22)11-21-6-5-14(10-21)17(23)24/h2-4,7,9,14H,5-6,8,10-11H2,1H3,(H,23,24)(H,19,20,22). The second-order valence-corrected chi connectivity index (χ2v) is 7.52. The summed E-state index contributed by atoms with van der Waals surface area (Å²) in [5.74, 6) is -1.31. The number of nitrogens with zero attached hydrogens (tertiary/aromatic N) is 2. The minimum Gasteiger partial charge on any atom is -0.481 e. The number of carbonyl (C=O) groups is 2. The third-order valence-electron chi connectivity index (χ3n) is 4.25. The number of carbonyl (C=O) groups excluding carboxylic acids is 1. The Bertz CT molecular complexity index is 774. The molecule has 1 unspecified atom stereocenters. The van der Waals surface area contributed by atoms with Gasteiger partial charge in [0.15, 0.2) is 5.13 Å². The second-order valence-electron chi connectivity index (χ2n) is 6.40. The second kappa shape index (κ2) is 7.76. The fourth-order valence-corrected chi connectivity index (χ4v) is 3.87. The lowest BCUT2D eigenvalue weighted by Gasteiger charge is -2.13. The van der Waals surface area contributed by atoms with Crippen molar-refractivity contribution in [2.45, 2.75) is 19.8 Å². The van der Waals surface area contributed by atoms with Crippen molar-refractivity contribution >= 4 is 28.3 Å². The van der Waals surface area contributed by atoms with E-state index in [1.807, 2.05) is 11.0 Å². The number of carboxylic acid groups (broad SMARTS) is 1. The Morgan fingerprint density at radius 2 is 2.28 bits per heavy atom. The van der Waals surface area contributed by atoms with E-state index in [2.05, 4.69) is 35.4 Å². The van der Waals surface area contributed by atoms with Crippen molar-refractivity contribution in [2.75, 3.05) is 25.0 Å². The number of rotatable bonds is 6. The highest BCUT2D eigenvalue weighted by Crippen LogP contribution is 2.22. The molecule has 0 radical (unpaired) electrons. The van der Waals surface area contributed by atoms with E-state index in [1.54, 1.807) is 6.20 Å². The van der Waals surface area contributed by atoms with Crippen LogP contribution in [0.4, 0.5) is 5.13 Å². The Morgan fingerprint density at radius 3 is 3.00 bits per heavy atom. The van der Waals surface area contributed by atoms with Gasteiger partial charge in [-0.25, -0.2) is 4.98 Å². The van der Waals surface area contributed by atoms with E-state index in [-0.39, 0.29) is 18.4 Å². The molecule has 0 saturated carbocycles. The average Bonchev–Trinajstić information content (AvgIpc) is 3.17. The molecule has 0 spiro atoms.